The number of halogens is 2. The zero-order chi connectivity index (χ0) is 16.8. The molecule has 2 aromatic carbocycles. The van der Waals surface area contributed by atoms with Gasteiger partial charge in [-0.1, -0.05) is 47.5 Å². The third kappa shape index (κ3) is 2.36. The van der Waals surface area contributed by atoms with Gasteiger partial charge in [-0.3, -0.25) is 4.79 Å². The van der Waals surface area contributed by atoms with Crippen molar-refractivity contribution in [2.75, 3.05) is 4.90 Å². The first kappa shape index (κ1) is 15.4. The normalized spacial score (nSPS) is 20.3. The standard InChI is InChI=1S/C19H14Cl2N2O/c1-11-6-8-13(9-7-11)23-17(16(20)19(23)24)14-10-12-4-2-3-5-15(12)22-18(14)21/h2-10,16-17H,1H3. The lowest BCUT2D eigenvalue weighted by atomic mass is 9.92. The first-order valence-corrected chi connectivity index (χ1v) is 8.47. The van der Waals surface area contributed by atoms with Gasteiger partial charge in [-0.25, -0.2) is 4.98 Å². The molecule has 1 aliphatic rings. The number of alkyl halides is 1. The summed E-state index contributed by atoms with van der Waals surface area (Å²) >= 11 is 12.7. The number of hydrogen-bond acceptors (Lipinski definition) is 2. The molecule has 2 unspecified atom stereocenters. The average Bonchev–Trinajstić information content (AvgIpc) is 2.60. The second kappa shape index (κ2) is 5.76. The van der Waals surface area contributed by atoms with Gasteiger partial charge in [0.15, 0.2) is 0 Å². The molecule has 0 radical (unpaired) electrons. The zero-order valence-electron chi connectivity index (χ0n) is 12.9. The summed E-state index contributed by atoms with van der Waals surface area (Å²) < 4.78 is 0. The summed E-state index contributed by atoms with van der Waals surface area (Å²) in [5.41, 5.74) is 3.55. The maximum Gasteiger partial charge on any atom is 0.248 e. The van der Waals surface area contributed by atoms with Gasteiger partial charge in [0.2, 0.25) is 5.91 Å². The number of fused-ring (bicyclic) bond motifs is 1. The average molecular weight is 357 g/mol. The van der Waals surface area contributed by atoms with Gasteiger partial charge < -0.3 is 4.90 Å². The third-order valence-corrected chi connectivity index (χ3v) is 5.09. The number of amides is 1. The number of nitrogens with zero attached hydrogens (tertiary/aromatic N) is 2. The number of β-lactam (4-membered cyclic amide) rings is 1. The highest BCUT2D eigenvalue weighted by molar-refractivity contribution is 6.38. The molecular weight excluding hydrogens is 343 g/mol. The fourth-order valence-corrected chi connectivity index (χ4v) is 3.67. The first-order valence-electron chi connectivity index (χ1n) is 7.65. The fraction of sp³-hybridized carbons (Fsp3) is 0.158. The smallest absolute Gasteiger partial charge is 0.248 e. The van der Waals surface area contributed by atoms with Crippen molar-refractivity contribution in [2.45, 2.75) is 18.3 Å². The molecule has 1 amide bonds. The highest BCUT2D eigenvalue weighted by Gasteiger charge is 2.48. The molecule has 2 atom stereocenters. The van der Waals surface area contributed by atoms with Crippen LogP contribution in [0.3, 0.4) is 0 Å². The molecule has 4 rings (SSSR count). The lowest BCUT2D eigenvalue weighted by Crippen LogP contribution is -2.56. The molecule has 120 valence electrons. The Hall–Kier alpha value is -2.10. The van der Waals surface area contributed by atoms with Crippen LogP contribution in [0.25, 0.3) is 10.9 Å². The number of carbonyl (C=O) groups excluding carboxylic acids is 1. The molecule has 3 nitrogen and oxygen atoms in total. The van der Waals surface area contributed by atoms with Crippen molar-refractivity contribution < 1.29 is 4.79 Å². The van der Waals surface area contributed by atoms with Crippen molar-refractivity contribution in [1.29, 1.82) is 0 Å². The Labute approximate surface area is 149 Å². The predicted molar refractivity (Wildman–Crippen MR) is 97.8 cm³/mol. The summed E-state index contributed by atoms with van der Waals surface area (Å²) in [7, 11) is 0. The number of pyridine rings is 1. The molecule has 0 spiro atoms. The highest BCUT2D eigenvalue weighted by Crippen LogP contribution is 2.44. The van der Waals surface area contributed by atoms with Gasteiger partial charge in [-0.2, -0.15) is 0 Å². The minimum absolute atomic E-state index is 0.116. The molecule has 24 heavy (non-hydrogen) atoms. The van der Waals surface area contributed by atoms with Gasteiger partial charge >= 0.3 is 0 Å². The Morgan fingerprint density at radius 2 is 1.79 bits per heavy atom. The van der Waals surface area contributed by atoms with E-state index in [1.165, 1.54) is 0 Å². The maximum atomic E-state index is 12.3. The Kier molecular flexibility index (Phi) is 3.70. The molecule has 0 aliphatic carbocycles. The summed E-state index contributed by atoms with van der Waals surface area (Å²) in [6.07, 6.45) is 0. The Morgan fingerprint density at radius 3 is 2.54 bits per heavy atom. The lowest BCUT2D eigenvalue weighted by molar-refractivity contribution is -0.123. The second-order valence-corrected chi connectivity index (χ2v) is 6.78. The van der Waals surface area contributed by atoms with E-state index in [-0.39, 0.29) is 11.9 Å². The van der Waals surface area contributed by atoms with Gasteiger partial charge in [-0.15, -0.1) is 11.6 Å². The molecular formula is C19H14Cl2N2O. The van der Waals surface area contributed by atoms with Crippen molar-refractivity contribution in [3.8, 4) is 0 Å². The molecule has 2 heterocycles. The summed E-state index contributed by atoms with van der Waals surface area (Å²) in [6.45, 7) is 2.01. The molecule has 3 aromatic rings. The SMILES string of the molecule is Cc1ccc(N2C(=O)C(Cl)C2c2cc3ccccc3nc2Cl)cc1. The highest BCUT2D eigenvalue weighted by atomic mass is 35.5. The number of para-hydroxylation sites is 1. The van der Waals surface area contributed by atoms with Gasteiger partial charge in [0, 0.05) is 16.6 Å². The van der Waals surface area contributed by atoms with Crippen molar-refractivity contribution in [1.82, 2.24) is 4.98 Å². The molecule has 1 fully saturated rings. The number of benzene rings is 2. The quantitative estimate of drug-likeness (QED) is 0.372. The van der Waals surface area contributed by atoms with E-state index in [2.05, 4.69) is 4.98 Å². The van der Waals surface area contributed by atoms with Crippen LogP contribution in [0.5, 0.6) is 0 Å². The van der Waals surface area contributed by atoms with Crippen LogP contribution in [-0.4, -0.2) is 16.3 Å². The predicted octanol–water partition coefficient (Wildman–Crippen LogP) is 4.89. The van der Waals surface area contributed by atoms with Gasteiger partial charge in [-0.05, 0) is 31.2 Å². The minimum atomic E-state index is -0.633. The molecule has 0 bridgehead atoms. The number of rotatable bonds is 2. The monoisotopic (exact) mass is 356 g/mol. The first-order chi connectivity index (χ1) is 11.6. The van der Waals surface area contributed by atoms with Gasteiger partial charge in [0.05, 0.1) is 11.6 Å². The number of aryl methyl sites for hydroxylation is 1. The largest absolute Gasteiger partial charge is 0.301 e. The Balaban J connectivity index is 1.80. The summed E-state index contributed by atoms with van der Waals surface area (Å²) in [5.74, 6) is -0.116. The molecule has 0 N–H and O–H groups in total. The van der Waals surface area contributed by atoms with Crippen LogP contribution in [0.4, 0.5) is 5.69 Å². The maximum absolute atomic E-state index is 12.3. The third-order valence-electron chi connectivity index (χ3n) is 4.36. The summed E-state index contributed by atoms with van der Waals surface area (Å²) in [5, 5.41) is 0.727. The van der Waals surface area contributed by atoms with Gasteiger partial charge in [0.1, 0.15) is 10.5 Å². The molecule has 1 saturated heterocycles. The van der Waals surface area contributed by atoms with E-state index in [4.69, 9.17) is 23.2 Å². The van der Waals surface area contributed by atoms with Gasteiger partial charge in [0.25, 0.3) is 0 Å². The van der Waals surface area contributed by atoms with E-state index >= 15 is 0 Å². The fourth-order valence-electron chi connectivity index (χ4n) is 3.06. The van der Waals surface area contributed by atoms with Crippen LogP contribution in [0.2, 0.25) is 5.15 Å². The van der Waals surface area contributed by atoms with Crippen molar-refractivity contribution in [3.05, 3.63) is 70.9 Å². The van der Waals surface area contributed by atoms with E-state index in [1.54, 1.807) is 4.90 Å². The van der Waals surface area contributed by atoms with E-state index in [1.807, 2.05) is 61.5 Å². The van der Waals surface area contributed by atoms with Crippen LogP contribution in [0, 0.1) is 6.92 Å². The van der Waals surface area contributed by atoms with Crippen LogP contribution < -0.4 is 4.90 Å². The molecule has 1 aromatic heterocycles. The Morgan fingerprint density at radius 1 is 1.08 bits per heavy atom. The van der Waals surface area contributed by atoms with Crippen LogP contribution in [-0.2, 0) is 4.79 Å². The van der Waals surface area contributed by atoms with Crippen molar-refractivity contribution in [2.24, 2.45) is 0 Å². The van der Waals surface area contributed by atoms with E-state index < -0.39 is 5.38 Å². The minimum Gasteiger partial charge on any atom is -0.301 e. The number of anilines is 1. The summed E-state index contributed by atoms with van der Waals surface area (Å²) in [4.78, 5) is 18.5. The number of carbonyl (C=O) groups is 1. The summed E-state index contributed by atoms with van der Waals surface area (Å²) in [6, 6.07) is 17.2. The van der Waals surface area contributed by atoms with Crippen LogP contribution in [0.1, 0.15) is 17.2 Å². The molecule has 1 aliphatic heterocycles. The molecule has 5 heteroatoms. The van der Waals surface area contributed by atoms with Crippen molar-refractivity contribution >= 4 is 45.7 Å². The van der Waals surface area contributed by atoms with E-state index in [0.29, 0.717) is 5.15 Å². The van der Waals surface area contributed by atoms with Crippen molar-refractivity contribution in [3.63, 3.8) is 0 Å². The van der Waals surface area contributed by atoms with E-state index in [9.17, 15) is 4.79 Å². The number of hydrogen-bond donors (Lipinski definition) is 0. The second-order valence-electron chi connectivity index (χ2n) is 5.95. The number of aromatic nitrogens is 1. The molecule has 0 saturated carbocycles. The van der Waals surface area contributed by atoms with E-state index in [0.717, 1.165) is 27.7 Å². The van der Waals surface area contributed by atoms with Crippen LogP contribution >= 0.6 is 23.2 Å². The van der Waals surface area contributed by atoms with Crippen LogP contribution in [0.15, 0.2) is 54.6 Å². The lowest BCUT2D eigenvalue weighted by Gasteiger charge is -2.44. The zero-order valence-corrected chi connectivity index (χ0v) is 14.4. The Bertz CT molecular complexity index is 940. The topological polar surface area (TPSA) is 33.2 Å².